The average Bonchev–Trinajstić information content (AvgIpc) is 2.78. The van der Waals surface area contributed by atoms with Gasteiger partial charge in [-0.2, -0.15) is 0 Å². The van der Waals surface area contributed by atoms with E-state index in [1.807, 2.05) is 19.2 Å². The molecule has 1 aliphatic rings. The van der Waals surface area contributed by atoms with Gasteiger partial charge in [-0.3, -0.25) is 9.89 Å². The van der Waals surface area contributed by atoms with Gasteiger partial charge < -0.3 is 15.4 Å². The topological polar surface area (TPSA) is 48.9 Å². The summed E-state index contributed by atoms with van der Waals surface area (Å²) in [6.07, 6.45) is 4.42. The first kappa shape index (κ1) is 24.5. The molecule has 6 heteroatoms. The molecule has 0 unspecified atom stereocenters. The number of rotatable bonds is 8. The predicted octanol–water partition coefficient (Wildman–Crippen LogP) is 4.08. The third kappa shape index (κ3) is 8.14. The maximum Gasteiger partial charge on any atom is 0.191 e. The Kier molecular flexibility index (Phi) is 11.0. The smallest absolute Gasteiger partial charge is 0.191 e. The van der Waals surface area contributed by atoms with Crippen molar-refractivity contribution in [1.29, 1.82) is 0 Å². The molecule has 0 amide bonds. The van der Waals surface area contributed by atoms with E-state index in [4.69, 9.17) is 4.74 Å². The van der Waals surface area contributed by atoms with Crippen LogP contribution in [0.15, 0.2) is 59.6 Å². The van der Waals surface area contributed by atoms with Gasteiger partial charge in [0.1, 0.15) is 5.75 Å². The molecule has 2 aromatic rings. The maximum absolute atomic E-state index is 5.21. The van der Waals surface area contributed by atoms with Crippen molar-refractivity contribution in [2.45, 2.75) is 38.3 Å². The molecule has 0 radical (unpaired) electrons. The quantitative estimate of drug-likeness (QED) is 0.238. The van der Waals surface area contributed by atoms with Gasteiger partial charge in [0.05, 0.1) is 7.11 Å². The standard InChI is InChI=1S/C24H34N4O.HI/c1-25-24(26-16-6-9-20-10-12-23(29-2)13-11-20)27-22-14-17-28(18-15-22)19-21-7-4-3-5-8-21;/h3-5,7-8,10-13,22H,6,9,14-19H2,1-2H3,(H2,25,26,27);1H. The number of piperidine rings is 1. The van der Waals surface area contributed by atoms with Crippen LogP contribution in [0.3, 0.4) is 0 Å². The van der Waals surface area contributed by atoms with Crippen LogP contribution < -0.4 is 15.4 Å². The third-order valence-corrected chi connectivity index (χ3v) is 5.49. The average molecular weight is 522 g/mol. The summed E-state index contributed by atoms with van der Waals surface area (Å²) in [5.74, 6) is 1.83. The van der Waals surface area contributed by atoms with E-state index < -0.39 is 0 Å². The van der Waals surface area contributed by atoms with E-state index in [1.165, 1.54) is 11.1 Å². The molecule has 30 heavy (non-hydrogen) atoms. The number of methoxy groups -OCH3 is 1. The molecule has 0 atom stereocenters. The minimum atomic E-state index is 0. The van der Waals surface area contributed by atoms with Crippen molar-refractivity contribution < 1.29 is 4.74 Å². The number of guanidine groups is 1. The number of hydrogen-bond donors (Lipinski definition) is 2. The number of likely N-dealkylation sites (tertiary alicyclic amines) is 1. The van der Waals surface area contributed by atoms with Crippen LogP contribution in [0.25, 0.3) is 0 Å². The van der Waals surface area contributed by atoms with Gasteiger partial charge in [0.25, 0.3) is 0 Å². The van der Waals surface area contributed by atoms with E-state index >= 15 is 0 Å². The van der Waals surface area contributed by atoms with Crippen LogP contribution >= 0.6 is 24.0 Å². The summed E-state index contributed by atoms with van der Waals surface area (Å²) in [7, 11) is 3.55. The Labute approximate surface area is 198 Å². The molecular weight excluding hydrogens is 487 g/mol. The zero-order valence-electron chi connectivity index (χ0n) is 18.1. The molecule has 0 aromatic heterocycles. The summed E-state index contributed by atoms with van der Waals surface area (Å²) < 4.78 is 5.21. The number of nitrogens with zero attached hydrogens (tertiary/aromatic N) is 2. The SMILES string of the molecule is CN=C(NCCCc1ccc(OC)cc1)NC1CCN(Cc2ccccc2)CC1.I. The van der Waals surface area contributed by atoms with Crippen LogP contribution in [0.2, 0.25) is 0 Å². The van der Waals surface area contributed by atoms with Crippen LogP contribution in [0.4, 0.5) is 0 Å². The summed E-state index contributed by atoms with van der Waals surface area (Å²) in [5, 5.41) is 7.06. The fourth-order valence-corrected chi connectivity index (χ4v) is 3.76. The highest BCUT2D eigenvalue weighted by Crippen LogP contribution is 2.14. The van der Waals surface area contributed by atoms with E-state index in [9.17, 15) is 0 Å². The van der Waals surface area contributed by atoms with Gasteiger partial charge in [0, 0.05) is 39.3 Å². The molecule has 2 N–H and O–H groups in total. The Morgan fingerprint density at radius 3 is 2.37 bits per heavy atom. The van der Waals surface area contributed by atoms with Crippen LogP contribution in [0.5, 0.6) is 5.75 Å². The molecule has 2 aromatic carbocycles. The lowest BCUT2D eigenvalue weighted by molar-refractivity contribution is 0.198. The highest BCUT2D eigenvalue weighted by atomic mass is 127. The van der Waals surface area contributed by atoms with E-state index in [1.54, 1.807) is 7.11 Å². The number of nitrogens with one attached hydrogen (secondary N) is 2. The van der Waals surface area contributed by atoms with E-state index in [0.29, 0.717) is 6.04 Å². The van der Waals surface area contributed by atoms with Gasteiger partial charge in [-0.05, 0) is 48.9 Å². The Morgan fingerprint density at radius 2 is 1.73 bits per heavy atom. The second kappa shape index (κ2) is 13.5. The minimum absolute atomic E-state index is 0. The molecule has 1 fully saturated rings. The second-order valence-corrected chi connectivity index (χ2v) is 7.63. The Bertz CT molecular complexity index is 744. The monoisotopic (exact) mass is 522 g/mol. The fraction of sp³-hybridized carbons (Fsp3) is 0.458. The third-order valence-electron chi connectivity index (χ3n) is 5.49. The number of aryl methyl sites for hydroxylation is 1. The second-order valence-electron chi connectivity index (χ2n) is 7.63. The number of hydrogen-bond acceptors (Lipinski definition) is 3. The summed E-state index contributed by atoms with van der Waals surface area (Å²) in [4.78, 5) is 6.94. The fourth-order valence-electron chi connectivity index (χ4n) is 3.76. The lowest BCUT2D eigenvalue weighted by atomic mass is 10.0. The summed E-state index contributed by atoms with van der Waals surface area (Å²) in [6.45, 7) is 4.21. The lowest BCUT2D eigenvalue weighted by Crippen LogP contribution is -2.48. The van der Waals surface area contributed by atoms with E-state index in [0.717, 1.165) is 63.6 Å². The molecule has 0 aliphatic carbocycles. The largest absolute Gasteiger partial charge is 0.497 e. The van der Waals surface area contributed by atoms with E-state index in [-0.39, 0.29) is 24.0 Å². The molecule has 1 saturated heterocycles. The van der Waals surface area contributed by atoms with Gasteiger partial charge in [-0.15, -0.1) is 24.0 Å². The van der Waals surface area contributed by atoms with Gasteiger partial charge >= 0.3 is 0 Å². The van der Waals surface area contributed by atoms with Gasteiger partial charge in [0.2, 0.25) is 0 Å². The zero-order chi connectivity index (χ0) is 20.3. The van der Waals surface area contributed by atoms with Gasteiger partial charge in [0.15, 0.2) is 5.96 Å². The number of benzene rings is 2. The molecular formula is C24H35IN4O. The van der Waals surface area contributed by atoms with Crippen LogP contribution in [-0.2, 0) is 13.0 Å². The number of aliphatic imine (C=N–C) groups is 1. The molecule has 0 bridgehead atoms. The van der Waals surface area contributed by atoms with Crippen molar-refractivity contribution in [2.75, 3.05) is 33.8 Å². The summed E-state index contributed by atoms with van der Waals surface area (Å²) in [5.41, 5.74) is 2.73. The zero-order valence-corrected chi connectivity index (χ0v) is 20.5. The Balaban J connectivity index is 0.00000320. The van der Waals surface area contributed by atoms with Crippen molar-refractivity contribution in [1.82, 2.24) is 15.5 Å². The van der Waals surface area contributed by atoms with Crippen molar-refractivity contribution >= 4 is 29.9 Å². The summed E-state index contributed by atoms with van der Waals surface area (Å²) in [6, 6.07) is 19.5. The van der Waals surface area contributed by atoms with Crippen molar-refractivity contribution in [3.63, 3.8) is 0 Å². The number of ether oxygens (including phenoxy) is 1. The Hall–Kier alpha value is -1.80. The first-order valence-electron chi connectivity index (χ1n) is 10.6. The maximum atomic E-state index is 5.21. The molecule has 1 heterocycles. The van der Waals surface area contributed by atoms with Crippen molar-refractivity contribution in [3.05, 3.63) is 65.7 Å². The highest BCUT2D eigenvalue weighted by molar-refractivity contribution is 14.0. The highest BCUT2D eigenvalue weighted by Gasteiger charge is 2.19. The predicted molar refractivity (Wildman–Crippen MR) is 136 cm³/mol. The Morgan fingerprint density at radius 1 is 1.03 bits per heavy atom. The van der Waals surface area contributed by atoms with Crippen molar-refractivity contribution in [2.24, 2.45) is 4.99 Å². The first-order valence-corrected chi connectivity index (χ1v) is 10.6. The van der Waals surface area contributed by atoms with E-state index in [2.05, 4.69) is 63.0 Å². The molecule has 164 valence electrons. The molecule has 5 nitrogen and oxygen atoms in total. The lowest BCUT2D eigenvalue weighted by Gasteiger charge is -2.33. The molecule has 1 aliphatic heterocycles. The van der Waals surface area contributed by atoms with Gasteiger partial charge in [-0.1, -0.05) is 42.5 Å². The van der Waals surface area contributed by atoms with Gasteiger partial charge in [-0.25, -0.2) is 0 Å². The van der Waals surface area contributed by atoms with Crippen LogP contribution in [0.1, 0.15) is 30.4 Å². The molecule has 3 rings (SSSR count). The minimum Gasteiger partial charge on any atom is -0.497 e. The van der Waals surface area contributed by atoms with Crippen LogP contribution in [-0.4, -0.2) is 50.7 Å². The van der Waals surface area contributed by atoms with Crippen molar-refractivity contribution in [3.8, 4) is 5.75 Å². The normalized spacial score (nSPS) is 15.3. The molecule has 0 spiro atoms. The first-order chi connectivity index (χ1) is 14.3. The molecule has 0 saturated carbocycles. The van der Waals surface area contributed by atoms with Crippen LogP contribution in [0, 0.1) is 0 Å². The summed E-state index contributed by atoms with van der Waals surface area (Å²) >= 11 is 0. The number of halogens is 1.